The number of anilines is 3. The Hall–Kier alpha value is -8.67. The van der Waals surface area contributed by atoms with Gasteiger partial charge >= 0.3 is 0 Å². The molecular formula is C91H82Br4N5O4P3. The normalized spacial score (nSPS) is 12.6. The second-order valence-electron chi connectivity index (χ2n) is 26.6. The van der Waals surface area contributed by atoms with Crippen molar-refractivity contribution in [1.82, 2.24) is 19.9 Å². The van der Waals surface area contributed by atoms with Gasteiger partial charge in [0, 0.05) is 53.4 Å². The standard InChI is InChI=1S/C33H29N2OP.C18H15BrNOP.C18H15BrNP.C16H16.C6H5Br2N.H2O2/c1-24-29(35-30-20-12-10-18-27(30)33(2,3)28-19-11-13-21-31(28)35)22-23-32(34-24)37(36,25-14-6-4-7-15-25)26-16-8-5-9-17-26;1-14-17(19)12-13-18(20-14)22(21,15-8-4-2-5-9-15)16-10-6-3-7-11-16;1-14-17(19)12-13-18(20-14)21(15-8-4-2-5-9-15)16-10-6-3-7-11-16;1-16(2)14-9-5-3-7-12(14)11-13-8-4-6-10-15(13)16;1-4-5(7)2-3-6(8)9-4;1-2/h4-23H,1-3H3;2-13H,1H3;2-13H,1H3;3-10H,11H2,1-2H3;2-3H,1H3;1-2H. The van der Waals surface area contributed by atoms with E-state index < -0.39 is 22.2 Å². The molecule has 0 saturated heterocycles. The summed E-state index contributed by atoms with van der Waals surface area (Å²) >= 11 is 13.6. The van der Waals surface area contributed by atoms with Crippen molar-refractivity contribution in [3.05, 3.63) is 402 Å². The van der Waals surface area contributed by atoms with Crippen molar-refractivity contribution in [1.29, 1.82) is 0 Å². The molecule has 1 aliphatic carbocycles. The van der Waals surface area contributed by atoms with E-state index in [4.69, 9.17) is 20.5 Å². The number of hydrogen-bond acceptors (Lipinski definition) is 9. The lowest BCUT2D eigenvalue weighted by atomic mass is 9.69. The minimum absolute atomic E-state index is 0.124. The predicted molar refractivity (Wildman–Crippen MR) is 464 cm³/mol. The Bertz CT molecular complexity index is 5210. The van der Waals surface area contributed by atoms with Crippen molar-refractivity contribution in [2.45, 2.75) is 72.6 Å². The van der Waals surface area contributed by atoms with Crippen LogP contribution in [-0.4, -0.2) is 30.5 Å². The van der Waals surface area contributed by atoms with E-state index >= 15 is 0 Å². The van der Waals surface area contributed by atoms with Gasteiger partial charge in [0.05, 0.1) is 45.3 Å². The van der Waals surface area contributed by atoms with Crippen molar-refractivity contribution in [2.75, 3.05) is 4.90 Å². The molecule has 10 aromatic carbocycles. The molecule has 0 bridgehead atoms. The molecule has 107 heavy (non-hydrogen) atoms. The number of nitrogens with zero attached hydrogens (tertiary/aromatic N) is 5. The molecule has 0 radical (unpaired) electrons. The molecule has 0 atom stereocenters. The fourth-order valence-corrected chi connectivity index (χ4v) is 22.1. The van der Waals surface area contributed by atoms with Gasteiger partial charge in [0.1, 0.15) is 15.5 Å². The molecule has 538 valence electrons. The van der Waals surface area contributed by atoms with Crippen LogP contribution in [0.1, 0.15) is 83.9 Å². The molecular weight excluding hydrogens is 1640 g/mol. The molecule has 9 nitrogen and oxygen atoms in total. The summed E-state index contributed by atoms with van der Waals surface area (Å²) in [5, 5.41) is 17.8. The van der Waals surface area contributed by atoms with Crippen LogP contribution in [0.2, 0.25) is 0 Å². The highest BCUT2D eigenvalue weighted by molar-refractivity contribution is 9.11. The van der Waals surface area contributed by atoms with Crippen molar-refractivity contribution in [3.63, 3.8) is 0 Å². The maximum atomic E-state index is 14.9. The highest BCUT2D eigenvalue weighted by Gasteiger charge is 2.39. The third-order valence-electron chi connectivity index (χ3n) is 19.1. The summed E-state index contributed by atoms with van der Waals surface area (Å²) in [5.74, 6) is 0. The Morgan fingerprint density at radius 3 is 1.01 bits per heavy atom. The van der Waals surface area contributed by atoms with Gasteiger partial charge in [-0.3, -0.25) is 15.5 Å². The van der Waals surface area contributed by atoms with Gasteiger partial charge in [0.2, 0.25) is 0 Å². The first kappa shape index (κ1) is 79.4. The fraction of sp³-hybridized carbons (Fsp3) is 0.121. The summed E-state index contributed by atoms with van der Waals surface area (Å²) in [4.78, 5) is 20.9. The molecule has 16 rings (SSSR count). The summed E-state index contributed by atoms with van der Waals surface area (Å²) in [6.07, 6.45) is 1.08. The number of fused-ring (bicyclic) bond motifs is 4. The van der Waals surface area contributed by atoms with Gasteiger partial charge in [-0.1, -0.05) is 295 Å². The van der Waals surface area contributed by atoms with Crippen LogP contribution in [-0.2, 0) is 26.4 Å². The number of aromatic nitrogens is 4. The third kappa shape index (κ3) is 17.7. The second kappa shape index (κ2) is 36.0. The Labute approximate surface area is 664 Å². The van der Waals surface area contributed by atoms with Crippen LogP contribution < -0.4 is 53.0 Å². The van der Waals surface area contributed by atoms with Crippen molar-refractivity contribution in [3.8, 4) is 0 Å². The summed E-state index contributed by atoms with van der Waals surface area (Å²) in [6, 6.07) is 111. The third-order valence-corrected chi connectivity index (χ3v) is 30.2. The maximum Gasteiger partial charge on any atom is 0.188 e. The average molecular weight is 1720 g/mol. The molecule has 14 aromatic rings. The number of halogens is 4. The highest BCUT2D eigenvalue weighted by Crippen LogP contribution is 2.53. The van der Waals surface area contributed by atoms with E-state index in [1.807, 2.05) is 179 Å². The molecule has 2 aliphatic rings. The molecule has 16 heteroatoms. The van der Waals surface area contributed by atoms with Gasteiger partial charge in [-0.15, -0.1) is 0 Å². The topological polar surface area (TPSA) is 129 Å². The largest absolute Gasteiger partial charge is 0.308 e. The van der Waals surface area contributed by atoms with Crippen LogP contribution >= 0.6 is 85.9 Å². The van der Waals surface area contributed by atoms with E-state index in [1.165, 1.54) is 44.0 Å². The number of para-hydroxylation sites is 2. The van der Waals surface area contributed by atoms with Crippen LogP contribution in [0.5, 0.6) is 0 Å². The first-order chi connectivity index (χ1) is 51.7. The number of hydrogen-bond donors (Lipinski definition) is 2. The maximum absolute atomic E-state index is 14.9. The van der Waals surface area contributed by atoms with Gasteiger partial charge in [0.25, 0.3) is 0 Å². The summed E-state index contributed by atoms with van der Waals surface area (Å²) < 4.78 is 32.8. The van der Waals surface area contributed by atoms with E-state index in [2.05, 4.69) is 282 Å². The SMILES string of the molecule is CC1(C)c2ccccc2Cc2ccccc21.Cc1nc(Br)ccc1Br.Cc1nc(P(=O)(c2ccccc2)c2ccccc2)ccc1Br.Cc1nc(P(=O)(c2ccccc2)c2ccccc2)ccc1N1c2ccccc2C(C)(C)c2ccccc21.Cc1nc(P(c2ccccc2)c2ccccc2)ccc1Br.OO. The van der Waals surface area contributed by atoms with Crippen molar-refractivity contribution in [2.24, 2.45) is 0 Å². The predicted octanol–water partition coefficient (Wildman–Crippen LogP) is 21.7. The number of pyridine rings is 4. The lowest BCUT2D eigenvalue weighted by Gasteiger charge is -2.42. The Balaban J connectivity index is 0.000000141. The summed E-state index contributed by atoms with van der Waals surface area (Å²) in [7, 11) is -6.71. The quantitative estimate of drug-likeness (QED) is 0.0595. The average Bonchev–Trinajstić information content (AvgIpc) is 0.727. The molecule has 0 fully saturated rings. The lowest BCUT2D eigenvalue weighted by molar-refractivity contribution is -0.176. The Morgan fingerprint density at radius 1 is 0.327 bits per heavy atom. The molecule has 0 saturated carbocycles. The lowest BCUT2D eigenvalue weighted by Crippen LogP contribution is -2.32. The molecule has 0 amide bonds. The monoisotopic (exact) mass is 1720 g/mol. The zero-order valence-corrected chi connectivity index (χ0v) is 69.7. The van der Waals surface area contributed by atoms with E-state index in [-0.39, 0.29) is 10.8 Å². The fourth-order valence-electron chi connectivity index (χ4n) is 13.6. The Kier molecular flexibility index (Phi) is 26.7. The zero-order chi connectivity index (χ0) is 75.9. The van der Waals surface area contributed by atoms with E-state index in [1.54, 1.807) is 0 Å². The van der Waals surface area contributed by atoms with Gasteiger partial charge < -0.3 is 14.0 Å². The van der Waals surface area contributed by atoms with Crippen LogP contribution in [0.3, 0.4) is 0 Å². The van der Waals surface area contributed by atoms with Gasteiger partial charge in [-0.05, 0) is 202 Å². The molecule has 0 spiro atoms. The minimum atomic E-state index is -3.15. The summed E-state index contributed by atoms with van der Waals surface area (Å²) in [6.45, 7) is 17.1. The van der Waals surface area contributed by atoms with Gasteiger partial charge in [-0.25, -0.2) is 15.0 Å². The van der Waals surface area contributed by atoms with E-state index in [0.29, 0.717) is 10.9 Å². The zero-order valence-electron chi connectivity index (χ0n) is 60.7. The molecule has 2 N–H and O–H groups in total. The number of benzene rings is 10. The molecule has 1 aliphatic heterocycles. The smallest absolute Gasteiger partial charge is 0.188 e. The first-order valence-corrected chi connectivity index (χ1v) is 42.8. The van der Waals surface area contributed by atoms with Crippen molar-refractivity contribution >= 4 is 151 Å². The highest BCUT2D eigenvalue weighted by atomic mass is 79.9. The van der Waals surface area contributed by atoms with Crippen LogP contribution in [0.15, 0.2) is 346 Å². The Morgan fingerprint density at radius 2 is 0.636 bits per heavy atom. The van der Waals surface area contributed by atoms with Gasteiger partial charge in [-0.2, -0.15) is 0 Å². The van der Waals surface area contributed by atoms with Crippen LogP contribution in [0.4, 0.5) is 17.1 Å². The van der Waals surface area contributed by atoms with Crippen LogP contribution in [0.25, 0.3) is 0 Å². The van der Waals surface area contributed by atoms with Gasteiger partial charge in [0.15, 0.2) is 14.3 Å². The molecule has 4 aromatic heterocycles. The van der Waals surface area contributed by atoms with Crippen LogP contribution in [0, 0.1) is 27.7 Å². The second-order valence-corrected chi connectivity index (χ2v) is 37.6. The van der Waals surface area contributed by atoms with Crippen molar-refractivity contribution < 1.29 is 19.6 Å². The summed E-state index contributed by atoms with van der Waals surface area (Å²) in [5.41, 5.74) is 17.9. The van der Waals surface area contributed by atoms with E-state index in [9.17, 15) is 9.13 Å². The minimum Gasteiger partial charge on any atom is -0.308 e. The first-order valence-electron chi connectivity index (χ1n) is 34.9. The number of aryl methyl sites for hydroxylation is 4. The number of rotatable bonds is 10. The molecule has 5 heterocycles. The molecule has 0 unspecified atom stereocenters. The van der Waals surface area contributed by atoms with E-state index in [0.717, 1.165) is 90.9 Å².